The van der Waals surface area contributed by atoms with Gasteiger partial charge < -0.3 is 15.6 Å². The van der Waals surface area contributed by atoms with Crippen molar-refractivity contribution in [1.29, 1.82) is 0 Å². The fraction of sp³-hybridized carbons (Fsp3) is 0.471. The van der Waals surface area contributed by atoms with Gasteiger partial charge in [0.2, 0.25) is 5.91 Å². The summed E-state index contributed by atoms with van der Waals surface area (Å²) in [5, 5.41) is 6.78. The van der Waals surface area contributed by atoms with E-state index in [2.05, 4.69) is 15.5 Å². The van der Waals surface area contributed by atoms with E-state index in [1.54, 1.807) is 0 Å². The molecule has 0 saturated heterocycles. The van der Waals surface area contributed by atoms with Gasteiger partial charge in [0.15, 0.2) is 5.82 Å². The van der Waals surface area contributed by atoms with Crippen molar-refractivity contribution in [2.24, 2.45) is 11.7 Å². The first kappa shape index (κ1) is 17.1. The van der Waals surface area contributed by atoms with Crippen LogP contribution < -0.4 is 11.1 Å². The van der Waals surface area contributed by atoms with Crippen LogP contribution in [0.15, 0.2) is 22.7 Å². The molecule has 0 radical (unpaired) electrons. The third kappa shape index (κ3) is 4.39. The quantitative estimate of drug-likeness (QED) is 0.854. The molecule has 1 heterocycles. The minimum Gasteiger partial charge on any atom is -0.334 e. The number of hydrogen-bond acceptors (Lipinski definition) is 5. The summed E-state index contributed by atoms with van der Waals surface area (Å²) in [5.74, 6) is 1.29. The van der Waals surface area contributed by atoms with Crippen LogP contribution in [-0.2, 0) is 11.2 Å². The van der Waals surface area contributed by atoms with Gasteiger partial charge >= 0.3 is 0 Å². The van der Waals surface area contributed by atoms with E-state index in [4.69, 9.17) is 10.3 Å². The number of carbonyl (C=O) groups excluding carboxylic acids is 1. The molecule has 0 saturated carbocycles. The molecule has 0 aliphatic rings. The van der Waals surface area contributed by atoms with Gasteiger partial charge in [0.25, 0.3) is 5.89 Å². The molecule has 0 fully saturated rings. The highest BCUT2D eigenvalue weighted by atomic mass is 16.5. The standard InChI is InChI=1S/C17H24N4O2/c1-5-15-20-17(23-21-15)12-7-6-11(4)14(9-12)19-16(22)13(18)8-10(2)3/h6-7,9-10,13H,5,8,18H2,1-4H3,(H,19,22)/t13-/m0/s1. The van der Waals surface area contributed by atoms with Crippen molar-refractivity contribution in [3.63, 3.8) is 0 Å². The number of rotatable bonds is 6. The number of anilines is 1. The number of nitrogens with one attached hydrogen (secondary N) is 1. The number of amides is 1. The van der Waals surface area contributed by atoms with Crippen molar-refractivity contribution < 1.29 is 9.32 Å². The van der Waals surface area contributed by atoms with E-state index in [1.165, 1.54) is 0 Å². The first-order valence-electron chi connectivity index (χ1n) is 7.90. The van der Waals surface area contributed by atoms with Gasteiger partial charge in [0.1, 0.15) is 0 Å². The molecular formula is C17H24N4O2. The fourth-order valence-corrected chi connectivity index (χ4v) is 2.24. The maximum absolute atomic E-state index is 12.2. The third-order valence-corrected chi connectivity index (χ3v) is 3.59. The van der Waals surface area contributed by atoms with Crippen LogP contribution in [0, 0.1) is 12.8 Å². The summed E-state index contributed by atoms with van der Waals surface area (Å²) < 4.78 is 5.24. The molecule has 6 nitrogen and oxygen atoms in total. The van der Waals surface area contributed by atoms with Crippen molar-refractivity contribution in [1.82, 2.24) is 10.1 Å². The minimum atomic E-state index is -0.520. The Hall–Kier alpha value is -2.21. The Morgan fingerprint density at radius 3 is 2.74 bits per heavy atom. The second-order valence-electron chi connectivity index (χ2n) is 6.12. The summed E-state index contributed by atoms with van der Waals surface area (Å²) in [6.45, 7) is 7.98. The summed E-state index contributed by atoms with van der Waals surface area (Å²) in [5.41, 5.74) is 8.37. The molecular weight excluding hydrogens is 292 g/mol. The van der Waals surface area contributed by atoms with Gasteiger partial charge in [-0.2, -0.15) is 4.98 Å². The Labute approximate surface area is 136 Å². The molecule has 1 aromatic carbocycles. The SMILES string of the molecule is CCc1noc(-c2ccc(C)c(NC(=O)[C@@H](N)CC(C)C)c2)n1. The van der Waals surface area contributed by atoms with Crippen LogP contribution in [0.4, 0.5) is 5.69 Å². The van der Waals surface area contributed by atoms with Gasteiger partial charge in [0, 0.05) is 17.7 Å². The first-order chi connectivity index (χ1) is 10.9. The number of nitrogens with two attached hydrogens (primary N) is 1. The summed E-state index contributed by atoms with van der Waals surface area (Å²) in [6, 6.07) is 5.12. The number of aryl methyl sites for hydroxylation is 2. The molecule has 3 N–H and O–H groups in total. The molecule has 0 aliphatic heterocycles. The second kappa shape index (κ2) is 7.37. The minimum absolute atomic E-state index is 0.182. The highest BCUT2D eigenvalue weighted by Gasteiger charge is 2.17. The Balaban J connectivity index is 2.19. The van der Waals surface area contributed by atoms with E-state index in [0.29, 0.717) is 36.2 Å². The van der Waals surface area contributed by atoms with Crippen LogP contribution in [-0.4, -0.2) is 22.1 Å². The highest BCUT2D eigenvalue weighted by molar-refractivity contribution is 5.95. The van der Waals surface area contributed by atoms with E-state index in [9.17, 15) is 4.79 Å². The number of hydrogen-bond donors (Lipinski definition) is 2. The van der Waals surface area contributed by atoms with Gasteiger partial charge in [-0.25, -0.2) is 0 Å². The molecule has 2 rings (SSSR count). The molecule has 2 aromatic rings. The van der Waals surface area contributed by atoms with Crippen LogP contribution in [0.1, 0.15) is 38.6 Å². The van der Waals surface area contributed by atoms with Crippen molar-refractivity contribution in [2.75, 3.05) is 5.32 Å². The van der Waals surface area contributed by atoms with Crippen molar-refractivity contribution in [2.45, 2.75) is 46.6 Å². The largest absolute Gasteiger partial charge is 0.334 e. The van der Waals surface area contributed by atoms with E-state index in [1.807, 2.05) is 45.9 Å². The highest BCUT2D eigenvalue weighted by Crippen LogP contribution is 2.24. The van der Waals surface area contributed by atoms with E-state index >= 15 is 0 Å². The van der Waals surface area contributed by atoms with Crippen molar-refractivity contribution >= 4 is 11.6 Å². The van der Waals surface area contributed by atoms with Crippen LogP contribution in [0.2, 0.25) is 0 Å². The molecule has 23 heavy (non-hydrogen) atoms. The topological polar surface area (TPSA) is 94.0 Å². The normalized spacial score (nSPS) is 12.4. The van der Waals surface area contributed by atoms with Crippen molar-refractivity contribution in [3.8, 4) is 11.5 Å². The van der Waals surface area contributed by atoms with Gasteiger partial charge in [0.05, 0.1) is 6.04 Å². The van der Waals surface area contributed by atoms with Crippen molar-refractivity contribution in [3.05, 3.63) is 29.6 Å². The molecule has 0 aliphatic carbocycles. The zero-order chi connectivity index (χ0) is 17.0. The molecule has 1 aromatic heterocycles. The predicted octanol–water partition coefficient (Wildman–Crippen LogP) is 2.92. The lowest BCUT2D eigenvalue weighted by atomic mass is 10.0. The van der Waals surface area contributed by atoms with E-state index < -0.39 is 6.04 Å². The molecule has 0 spiro atoms. The lowest BCUT2D eigenvalue weighted by Crippen LogP contribution is -2.36. The zero-order valence-electron chi connectivity index (χ0n) is 14.1. The monoisotopic (exact) mass is 316 g/mol. The summed E-state index contributed by atoms with van der Waals surface area (Å²) in [7, 11) is 0. The lowest BCUT2D eigenvalue weighted by molar-refractivity contribution is -0.117. The van der Waals surface area contributed by atoms with Gasteiger partial charge in [-0.1, -0.05) is 32.0 Å². The van der Waals surface area contributed by atoms with Crippen LogP contribution in [0.25, 0.3) is 11.5 Å². The van der Waals surface area contributed by atoms with E-state index in [0.717, 1.165) is 11.1 Å². The third-order valence-electron chi connectivity index (χ3n) is 3.59. The fourth-order valence-electron chi connectivity index (χ4n) is 2.24. The molecule has 0 bridgehead atoms. The number of benzene rings is 1. The Morgan fingerprint density at radius 1 is 1.39 bits per heavy atom. The van der Waals surface area contributed by atoms with Gasteiger partial charge in [-0.15, -0.1) is 0 Å². The molecule has 1 atom stereocenters. The van der Waals surface area contributed by atoms with Crippen LogP contribution in [0.5, 0.6) is 0 Å². The average Bonchev–Trinajstić information content (AvgIpc) is 2.97. The lowest BCUT2D eigenvalue weighted by Gasteiger charge is -2.15. The maximum Gasteiger partial charge on any atom is 0.257 e. The Kier molecular flexibility index (Phi) is 5.50. The van der Waals surface area contributed by atoms with E-state index in [-0.39, 0.29) is 5.91 Å². The van der Waals surface area contributed by atoms with Crippen LogP contribution in [0.3, 0.4) is 0 Å². The van der Waals surface area contributed by atoms with Crippen LogP contribution >= 0.6 is 0 Å². The van der Waals surface area contributed by atoms with Gasteiger partial charge in [-0.05, 0) is 37.0 Å². The summed E-state index contributed by atoms with van der Waals surface area (Å²) in [4.78, 5) is 16.5. The van der Waals surface area contributed by atoms with Gasteiger partial charge in [-0.3, -0.25) is 4.79 Å². The number of carbonyl (C=O) groups is 1. The number of aromatic nitrogens is 2. The smallest absolute Gasteiger partial charge is 0.257 e. The average molecular weight is 316 g/mol. The summed E-state index contributed by atoms with van der Waals surface area (Å²) in [6.07, 6.45) is 1.36. The predicted molar refractivity (Wildman–Crippen MR) is 89.9 cm³/mol. The Morgan fingerprint density at radius 2 is 2.13 bits per heavy atom. The zero-order valence-corrected chi connectivity index (χ0v) is 14.1. The number of nitrogens with zero attached hydrogens (tertiary/aromatic N) is 2. The maximum atomic E-state index is 12.2. The molecule has 124 valence electrons. The second-order valence-corrected chi connectivity index (χ2v) is 6.12. The molecule has 1 amide bonds. The molecule has 6 heteroatoms. The Bertz CT molecular complexity index is 679. The first-order valence-corrected chi connectivity index (χ1v) is 7.90. The summed E-state index contributed by atoms with van der Waals surface area (Å²) >= 11 is 0. The molecule has 0 unspecified atom stereocenters.